The number of Topliss-reactive ketones (excluding diaryl/α,β-unsaturated/α-hetero) is 1. The summed E-state index contributed by atoms with van der Waals surface area (Å²) in [6.45, 7) is 7.47. The molecule has 0 aromatic rings. The first kappa shape index (κ1) is 21.4. The van der Waals surface area contributed by atoms with E-state index in [9.17, 15) is 4.79 Å². The lowest BCUT2D eigenvalue weighted by molar-refractivity contribution is -0.118. The lowest BCUT2D eigenvalue weighted by Crippen LogP contribution is -2.14. The lowest BCUT2D eigenvalue weighted by atomic mass is 10.3. The summed E-state index contributed by atoms with van der Waals surface area (Å²) in [5.74, 6) is 0.137. The van der Waals surface area contributed by atoms with Gasteiger partial charge in [0, 0.05) is 13.5 Å². The van der Waals surface area contributed by atoms with E-state index in [4.69, 9.17) is 28.4 Å². The zero-order valence-electron chi connectivity index (χ0n) is 13.8. The summed E-state index contributed by atoms with van der Waals surface area (Å²) < 4.78 is 31.3. The van der Waals surface area contributed by atoms with Crippen LogP contribution in [0.5, 0.6) is 0 Å². The molecule has 0 aliphatic rings. The van der Waals surface area contributed by atoms with Crippen molar-refractivity contribution >= 4 is 5.78 Å². The summed E-state index contributed by atoms with van der Waals surface area (Å²) in [5, 5.41) is 0. The quantitative estimate of drug-likeness (QED) is 0.344. The fourth-order valence-electron chi connectivity index (χ4n) is 1.34. The van der Waals surface area contributed by atoms with Crippen LogP contribution in [0.1, 0.15) is 13.3 Å². The van der Waals surface area contributed by atoms with E-state index in [1.165, 1.54) is 0 Å². The van der Waals surface area contributed by atoms with Gasteiger partial charge in [0.05, 0.1) is 72.7 Å². The van der Waals surface area contributed by atoms with Crippen molar-refractivity contribution in [2.24, 2.45) is 0 Å². The van der Waals surface area contributed by atoms with Crippen molar-refractivity contribution in [1.82, 2.24) is 0 Å². The molecule has 0 unspecified atom stereocenters. The first-order valence-electron chi connectivity index (χ1n) is 7.64. The molecule has 132 valence electrons. The average molecular weight is 322 g/mol. The molecule has 0 atom stereocenters. The maximum Gasteiger partial charge on any atom is 0.132 e. The third-order valence-electron chi connectivity index (χ3n) is 2.52. The minimum absolute atomic E-state index is 0.137. The van der Waals surface area contributed by atoms with Crippen molar-refractivity contribution in [3.63, 3.8) is 0 Å². The summed E-state index contributed by atoms with van der Waals surface area (Å²) in [5.41, 5.74) is 0. The molecule has 0 spiro atoms. The van der Waals surface area contributed by atoms with Crippen LogP contribution in [0.4, 0.5) is 0 Å². The maximum atomic E-state index is 10.7. The Morgan fingerprint density at radius 2 is 0.909 bits per heavy atom. The predicted molar refractivity (Wildman–Crippen MR) is 81.3 cm³/mol. The molecule has 0 fully saturated rings. The van der Waals surface area contributed by atoms with Crippen molar-refractivity contribution in [2.75, 3.05) is 79.8 Å². The zero-order valence-corrected chi connectivity index (χ0v) is 13.8. The topological polar surface area (TPSA) is 72.5 Å². The number of carbonyl (C=O) groups excluding carboxylic acids is 1. The largest absolute Gasteiger partial charge is 0.382 e. The second-order valence-corrected chi connectivity index (χ2v) is 4.51. The minimum atomic E-state index is 0.137. The number of methoxy groups -OCH3 is 1. The zero-order chi connectivity index (χ0) is 16.3. The van der Waals surface area contributed by atoms with Crippen molar-refractivity contribution in [2.45, 2.75) is 13.3 Å². The van der Waals surface area contributed by atoms with Gasteiger partial charge >= 0.3 is 0 Å². The summed E-state index contributed by atoms with van der Waals surface area (Å²) in [4.78, 5) is 10.7. The van der Waals surface area contributed by atoms with E-state index in [2.05, 4.69) is 0 Å². The molecule has 0 radical (unpaired) electrons. The molecule has 0 aromatic carbocycles. The summed E-state index contributed by atoms with van der Waals surface area (Å²) in [6, 6.07) is 0. The molecule has 0 aromatic heterocycles. The van der Waals surface area contributed by atoms with Crippen LogP contribution in [0, 0.1) is 0 Å². The molecule has 0 saturated heterocycles. The SMILES string of the molecule is COCCOCCOCCOCCOCCOCCC(C)=O. The van der Waals surface area contributed by atoms with E-state index >= 15 is 0 Å². The summed E-state index contributed by atoms with van der Waals surface area (Å²) >= 11 is 0. The van der Waals surface area contributed by atoms with E-state index in [1.807, 2.05) is 0 Å². The molecule has 0 rings (SSSR count). The lowest BCUT2D eigenvalue weighted by Gasteiger charge is -2.07. The van der Waals surface area contributed by atoms with Crippen LogP contribution in [-0.2, 0) is 33.2 Å². The molecular weight excluding hydrogens is 292 g/mol. The molecule has 0 aliphatic heterocycles. The highest BCUT2D eigenvalue weighted by molar-refractivity contribution is 5.75. The number of carbonyl (C=O) groups is 1. The Kier molecular flexibility index (Phi) is 18.0. The third kappa shape index (κ3) is 19.4. The fourth-order valence-corrected chi connectivity index (χ4v) is 1.34. The van der Waals surface area contributed by atoms with Gasteiger partial charge in [-0.15, -0.1) is 0 Å². The van der Waals surface area contributed by atoms with Gasteiger partial charge in [0.1, 0.15) is 5.78 Å². The van der Waals surface area contributed by atoms with Crippen LogP contribution in [0.25, 0.3) is 0 Å². The number of hydrogen-bond acceptors (Lipinski definition) is 7. The number of ether oxygens (including phenoxy) is 6. The van der Waals surface area contributed by atoms with E-state index < -0.39 is 0 Å². The van der Waals surface area contributed by atoms with Gasteiger partial charge < -0.3 is 28.4 Å². The molecule has 0 aliphatic carbocycles. The Morgan fingerprint density at radius 1 is 0.591 bits per heavy atom. The highest BCUT2D eigenvalue weighted by Crippen LogP contribution is 1.86. The molecule has 0 saturated carbocycles. The van der Waals surface area contributed by atoms with E-state index in [-0.39, 0.29) is 5.78 Å². The first-order valence-corrected chi connectivity index (χ1v) is 7.64. The van der Waals surface area contributed by atoms with Crippen LogP contribution < -0.4 is 0 Å². The fraction of sp³-hybridized carbons (Fsp3) is 0.933. The number of hydrogen-bond donors (Lipinski definition) is 0. The molecule has 0 N–H and O–H groups in total. The monoisotopic (exact) mass is 322 g/mol. The Bertz CT molecular complexity index is 236. The van der Waals surface area contributed by atoms with Crippen LogP contribution >= 0.6 is 0 Å². The van der Waals surface area contributed by atoms with Gasteiger partial charge in [-0.25, -0.2) is 0 Å². The van der Waals surface area contributed by atoms with Crippen LogP contribution in [0.2, 0.25) is 0 Å². The Labute approximate surface area is 133 Å². The number of ketones is 1. The second kappa shape index (κ2) is 18.5. The van der Waals surface area contributed by atoms with Crippen LogP contribution in [0.15, 0.2) is 0 Å². The van der Waals surface area contributed by atoms with Crippen molar-refractivity contribution in [3.8, 4) is 0 Å². The van der Waals surface area contributed by atoms with Gasteiger partial charge in [-0.2, -0.15) is 0 Å². The van der Waals surface area contributed by atoms with E-state index in [0.29, 0.717) is 79.1 Å². The normalized spacial score (nSPS) is 11.0. The predicted octanol–water partition coefficient (Wildman–Crippen LogP) is 0.695. The Morgan fingerprint density at radius 3 is 1.23 bits per heavy atom. The molecular formula is C15H30O7. The molecule has 0 amide bonds. The van der Waals surface area contributed by atoms with Crippen LogP contribution in [-0.4, -0.2) is 85.6 Å². The van der Waals surface area contributed by atoms with E-state index in [0.717, 1.165) is 0 Å². The van der Waals surface area contributed by atoms with Gasteiger partial charge in [0.25, 0.3) is 0 Å². The standard InChI is InChI=1S/C15H30O7/c1-15(16)3-4-18-7-8-20-11-12-22-14-13-21-10-9-19-6-5-17-2/h3-14H2,1-2H3. The van der Waals surface area contributed by atoms with Gasteiger partial charge in [-0.3, -0.25) is 4.79 Å². The van der Waals surface area contributed by atoms with E-state index in [1.54, 1.807) is 14.0 Å². The van der Waals surface area contributed by atoms with Crippen molar-refractivity contribution in [1.29, 1.82) is 0 Å². The van der Waals surface area contributed by atoms with Crippen molar-refractivity contribution in [3.05, 3.63) is 0 Å². The average Bonchev–Trinajstić information content (AvgIpc) is 2.50. The molecule has 7 heteroatoms. The van der Waals surface area contributed by atoms with Gasteiger partial charge in [-0.1, -0.05) is 0 Å². The molecule has 7 nitrogen and oxygen atoms in total. The van der Waals surface area contributed by atoms with Gasteiger partial charge in [0.15, 0.2) is 0 Å². The Balaban J connectivity index is 2.95. The highest BCUT2D eigenvalue weighted by atomic mass is 16.6. The molecule has 0 bridgehead atoms. The number of rotatable bonds is 18. The van der Waals surface area contributed by atoms with Gasteiger partial charge in [-0.05, 0) is 6.92 Å². The Hall–Kier alpha value is -0.570. The smallest absolute Gasteiger partial charge is 0.132 e. The maximum absolute atomic E-state index is 10.7. The highest BCUT2D eigenvalue weighted by Gasteiger charge is 1.95. The second-order valence-electron chi connectivity index (χ2n) is 4.51. The van der Waals surface area contributed by atoms with Crippen molar-refractivity contribution < 1.29 is 33.2 Å². The van der Waals surface area contributed by atoms with Gasteiger partial charge in [0.2, 0.25) is 0 Å². The summed E-state index contributed by atoms with van der Waals surface area (Å²) in [7, 11) is 1.64. The summed E-state index contributed by atoms with van der Waals surface area (Å²) in [6.07, 6.45) is 0.459. The molecule has 22 heavy (non-hydrogen) atoms. The first-order chi connectivity index (χ1) is 10.8. The molecule has 0 heterocycles. The third-order valence-corrected chi connectivity index (χ3v) is 2.52. The van der Waals surface area contributed by atoms with Crippen LogP contribution in [0.3, 0.4) is 0 Å². The minimum Gasteiger partial charge on any atom is -0.382 e.